The maximum Gasteiger partial charge on any atom is 0.326 e. The van der Waals surface area contributed by atoms with Crippen molar-refractivity contribution >= 4 is 36.1 Å². The van der Waals surface area contributed by atoms with E-state index in [-0.39, 0.29) is 6.54 Å². The molecule has 0 saturated carbocycles. The number of ether oxygens (including phenoxy) is 3. The maximum atomic E-state index is 14.4. The van der Waals surface area contributed by atoms with E-state index < -0.39 is 86.6 Å². The molecule has 2 aliphatic rings. The van der Waals surface area contributed by atoms with Crippen molar-refractivity contribution in [3.63, 3.8) is 0 Å². The molecule has 0 spiro atoms. The Morgan fingerprint density at radius 3 is 1.72 bits per heavy atom. The van der Waals surface area contributed by atoms with Crippen LogP contribution in [0.2, 0.25) is 31.7 Å². The first kappa shape index (κ1) is 45.2. The highest BCUT2D eigenvalue weighted by Gasteiger charge is 2.75. The Morgan fingerprint density at radius 1 is 0.845 bits per heavy atom. The topological polar surface area (TPSA) is 144 Å². The molecule has 0 aromatic heterocycles. The van der Waals surface area contributed by atoms with Crippen LogP contribution in [0.1, 0.15) is 65.2 Å². The number of aldehydes is 1. The Balaban J connectivity index is 1.84. The molecule has 2 saturated heterocycles. The number of imide groups is 1. The van der Waals surface area contributed by atoms with Gasteiger partial charge in [0.15, 0.2) is 15.3 Å². The summed E-state index contributed by atoms with van der Waals surface area (Å²) in [5.41, 5.74) is -7.29. The highest BCUT2D eigenvalue weighted by Crippen LogP contribution is 2.61. The molecule has 3 N–H and O–H groups in total. The van der Waals surface area contributed by atoms with Gasteiger partial charge in [-0.1, -0.05) is 109 Å². The molecule has 13 heteroatoms. The van der Waals surface area contributed by atoms with Crippen LogP contribution in [0, 0.1) is 16.2 Å². The second kappa shape index (κ2) is 16.3. The summed E-state index contributed by atoms with van der Waals surface area (Å²) in [5, 5.41) is 30.0. The van der Waals surface area contributed by atoms with Crippen molar-refractivity contribution in [2.45, 2.75) is 115 Å². The van der Waals surface area contributed by atoms with Gasteiger partial charge in [-0.05, 0) is 71.8 Å². The SMILES string of the molecule is COc1ccc(C(c2ccccc2)(c2ccc(OC)cc2)C(O)[C@H]2O[C@@](C=O)(N3CC(C)(C(O[SiH](C)C)C(C)(C)C)C(=O)NC3=O)C([SiH](C)C)[C@@]2(O)C(C)(C)C)cc1. The van der Waals surface area contributed by atoms with E-state index >= 15 is 0 Å². The van der Waals surface area contributed by atoms with Crippen LogP contribution in [-0.4, -0.2) is 102 Å². The molecule has 11 nitrogen and oxygen atoms in total. The van der Waals surface area contributed by atoms with Gasteiger partial charge in [-0.2, -0.15) is 0 Å². The van der Waals surface area contributed by atoms with Gasteiger partial charge < -0.3 is 28.8 Å². The van der Waals surface area contributed by atoms with Gasteiger partial charge in [0.25, 0.3) is 0 Å². The van der Waals surface area contributed by atoms with Crippen LogP contribution in [0.25, 0.3) is 0 Å². The number of urea groups is 1. The number of hydrogen-bond donors (Lipinski definition) is 3. The molecule has 3 aromatic rings. The minimum atomic E-state index is -2.29. The Hall–Kier alpha value is -3.86. The first-order chi connectivity index (χ1) is 27.0. The van der Waals surface area contributed by atoms with Gasteiger partial charge in [0.05, 0.1) is 31.2 Å². The van der Waals surface area contributed by atoms with Crippen LogP contribution in [0.4, 0.5) is 4.79 Å². The van der Waals surface area contributed by atoms with E-state index in [1.165, 1.54) is 4.90 Å². The van der Waals surface area contributed by atoms with E-state index in [2.05, 4.69) is 5.32 Å². The molecule has 3 aromatic carbocycles. The van der Waals surface area contributed by atoms with E-state index in [0.717, 1.165) is 0 Å². The molecule has 3 amide bonds. The third-order valence-corrected chi connectivity index (χ3v) is 15.6. The highest BCUT2D eigenvalue weighted by molar-refractivity contribution is 6.58. The number of amides is 3. The molecular formula is C45H64N2O9Si2. The zero-order valence-electron chi connectivity index (χ0n) is 36.5. The summed E-state index contributed by atoms with van der Waals surface area (Å²) < 4.78 is 24.9. The number of rotatable bonds is 13. The maximum absolute atomic E-state index is 14.4. The first-order valence-electron chi connectivity index (χ1n) is 20.2. The standard InChI is InChI=1S/C45H64N2O9Si2/c1-40(2,3)36(56-58(12)13)42(7)27-47(39(51)46-38(42)50)43(28-48)37(57(10)11)45(52,41(4,5)6)35(55-43)34(49)44(29-17-15-14-16-18-29,30-19-23-32(53-8)24-20-30)31-21-25-33(54-9)26-22-31/h14-26,28,34-37,49,52,57-58H,27H2,1-13H3,(H,46,50,51)/t34?,35-,36?,37?,42?,43-,45-/m1/s1. The Bertz CT molecular complexity index is 1880. The van der Waals surface area contributed by atoms with Crippen molar-refractivity contribution in [1.82, 2.24) is 10.2 Å². The lowest BCUT2D eigenvalue weighted by Crippen LogP contribution is -2.72. The van der Waals surface area contributed by atoms with Gasteiger partial charge in [-0.3, -0.25) is 19.8 Å². The van der Waals surface area contributed by atoms with Crippen LogP contribution in [0.15, 0.2) is 78.9 Å². The van der Waals surface area contributed by atoms with Gasteiger partial charge in [0.2, 0.25) is 11.6 Å². The summed E-state index contributed by atoms with van der Waals surface area (Å²) in [4.78, 5) is 44.0. The minimum absolute atomic E-state index is 0.221. The molecule has 0 bridgehead atoms. The van der Waals surface area contributed by atoms with Gasteiger partial charge in [-0.25, -0.2) is 4.79 Å². The zero-order valence-corrected chi connectivity index (χ0v) is 38.8. The minimum Gasteiger partial charge on any atom is -0.497 e. The summed E-state index contributed by atoms with van der Waals surface area (Å²) in [6, 6.07) is 23.5. The van der Waals surface area contributed by atoms with Crippen LogP contribution in [0.3, 0.4) is 0 Å². The molecule has 2 aliphatic heterocycles. The molecule has 2 heterocycles. The monoisotopic (exact) mass is 832 g/mol. The second-order valence-electron chi connectivity index (χ2n) is 19.0. The summed E-state index contributed by atoms with van der Waals surface area (Å²) in [7, 11) is -0.865. The fraction of sp³-hybridized carbons (Fsp3) is 0.533. The number of methoxy groups -OCH3 is 2. The number of carbonyl (C=O) groups excluding carboxylic acids is 3. The van der Waals surface area contributed by atoms with Crippen molar-refractivity contribution in [3.8, 4) is 11.5 Å². The lowest BCUT2D eigenvalue weighted by atomic mass is 9.60. The van der Waals surface area contributed by atoms with E-state index in [1.807, 2.05) is 147 Å². The molecule has 5 rings (SSSR count). The van der Waals surface area contributed by atoms with Gasteiger partial charge in [0, 0.05) is 20.9 Å². The fourth-order valence-electron chi connectivity index (χ4n) is 9.93. The van der Waals surface area contributed by atoms with Gasteiger partial charge in [0.1, 0.15) is 29.3 Å². The molecule has 2 fully saturated rings. The number of benzene rings is 3. The number of aliphatic hydroxyl groups is 2. The third-order valence-electron chi connectivity index (χ3n) is 12.4. The average Bonchev–Trinajstić information content (AvgIpc) is 3.46. The molecule has 58 heavy (non-hydrogen) atoms. The van der Waals surface area contributed by atoms with Crippen molar-refractivity contribution in [1.29, 1.82) is 0 Å². The van der Waals surface area contributed by atoms with Crippen molar-refractivity contribution in [3.05, 3.63) is 95.6 Å². The van der Waals surface area contributed by atoms with Crippen molar-refractivity contribution in [2.75, 3.05) is 20.8 Å². The molecule has 316 valence electrons. The predicted octanol–water partition coefficient (Wildman–Crippen LogP) is 6.30. The van der Waals surface area contributed by atoms with Crippen molar-refractivity contribution in [2.24, 2.45) is 16.2 Å². The summed E-state index contributed by atoms with van der Waals surface area (Å²) >= 11 is 0. The van der Waals surface area contributed by atoms with Crippen LogP contribution in [-0.2, 0) is 24.2 Å². The number of nitrogens with zero attached hydrogens (tertiary/aromatic N) is 1. The Morgan fingerprint density at radius 2 is 1.33 bits per heavy atom. The summed E-state index contributed by atoms with van der Waals surface area (Å²) in [6.45, 7) is 21.2. The lowest BCUT2D eigenvalue weighted by Gasteiger charge is -2.53. The second-order valence-corrected chi connectivity index (χ2v) is 24.5. The number of nitrogens with one attached hydrogen (secondary N) is 1. The van der Waals surface area contributed by atoms with E-state index in [1.54, 1.807) is 21.1 Å². The van der Waals surface area contributed by atoms with Crippen molar-refractivity contribution < 1.29 is 43.2 Å². The van der Waals surface area contributed by atoms with Crippen LogP contribution in [0.5, 0.6) is 11.5 Å². The lowest BCUT2D eigenvalue weighted by molar-refractivity contribution is -0.193. The van der Waals surface area contributed by atoms with E-state index in [0.29, 0.717) is 34.5 Å². The number of carbonyl (C=O) groups is 3. The smallest absolute Gasteiger partial charge is 0.326 e. The predicted molar refractivity (Wildman–Crippen MR) is 231 cm³/mol. The Kier molecular flexibility index (Phi) is 12.7. The van der Waals surface area contributed by atoms with Crippen LogP contribution >= 0.6 is 0 Å². The molecule has 0 radical (unpaired) electrons. The first-order valence-corrected chi connectivity index (χ1v) is 25.9. The van der Waals surface area contributed by atoms with E-state index in [9.17, 15) is 24.6 Å². The molecule has 4 unspecified atom stereocenters. The number of aliphatic hydroxyl groups excluding tert-OH is 1. The van der Waals surface area contributed by atoms with Crippen LogP contribution < -0.4 is 14.8 Å². The highest BCUT2D eigenvalue weighted by atomic mass is 28.3. The largest absolute Gasteiger partial charge is 0.497 e. The third kappa shape index (κ3) is 7.36. The van der Waals surface area contributed by atoms with E-state index in [4.69, 9.17) is 18.6 Å². The molecular weight excluding hydrogens is 769 g/mol. The zero-order chi connectivity index (χ0) is 43.2. The normalized spacial score (nSPS) is 26.7. The summed E-state index contributed by atoms with van der Waals surface area (Å²) in [5.74, 6) is 0.705. The molecule has 0 aliphatic carbocycles. The quantitative estimate of drug-likeness (QED) is 0.103. The number of hydrogen-bond acceptors (Lipinski definition) is 9. The summed E-state index contributed by atoms with van der Waals surface area (Å²) in [6.07, 6.45) is -3.09. The fourth-order valence-corrected chi connectivity index (χ4v) is 14.2. The average molecular weight is 833 g/mol. The van der Waals surface area contributed by atoms with Gasteiger partial charge in [-0.15, -0.1) is 0 Å². The molecule has 7 atom stereocenters. The Labute approximate surface area is 347 Å². The van der Waals surface area contributed by atoms with Gasteiger partial charge >= 0.3 is 6.03 Å².